The van der Waals surface area contributed by atoms with Gasteiger partial charge in [-0.25, -0.2) is 0 Å². The van der Waals surface area contributed by atoms with Gasteiger partial charge >= 0.3 is 0 Å². The van der Waals surface area contributed by atoms with Crippen LogP contribution in [0, 0.1) is 0 Å². The summed E-state index contributed by atoms with van der Waals surface area (Å²) in [6, 6.07) is 19.2. The highest BCUT2D eigenvalue weighted by Gasteiger charge is 2.37. The minimum absolute atomic E-state index is 0.140. The first kappa shape index (κ1) is 20.0. The molecule has 29 heavy (non-hydrogen) atoms. The number of hydrogen-bond acceptors (Lipinski definition) is 3. The molecule has 1 atom stereocenters. The second-order valence-corrected chi connectivity index (χ2v) is 8.29. The maximum Gasteiger partial charge on any atom is 0.254 e. The standard InChI is InChI=1S/C25H32N2O2/c1-2-3-17-29-24-13-9-21(10-14-24)25(28)27-16-15-26(22-11-12-22)19-23(27)18-20-7-5-4-6-8-20/h4-10,13-14,22-23H,2-3,11-12,15-19H2,1H3. The number of carbonyl (C=O) groups excluding carboxylic acids is 1. The zero-order chi connectivity index (χ0) is 20.1. The van der Waals surface area contributed by atoms with Gasteiger partial charge in [-0.15, -0.1) is 0 Å². The van der Waals surface area contributed by atoms with Gasteiger partial charge in [0.15, 0.2) is 0 Å². The van der Waals surface area contributed by atoms with E-state index in [1.165, 1.54) is 18.4 Å². The number of ether oxygens (including phenoxy) is 1. The Morgan fingerprint density at radius 3 is 2.48 bits per heavy atom. The topological polar surface area (TPSA) is 32.8 Å². The fourth-order valence-electron chi connectivity index (χ4n) is 4.17. The Balaban J connectivity index is 1.45. The van der Waals surface area contributed by atoms with Crippen molar-refractivity contribution in [1.29, 1.82) is 0 Å². The Kier molecular flexibility index (Phi) is 6.50. The van der Waals surface area contributed by atoms with Crippen LogP contribution in [0.4, 0.5) is 0 Å². The lowest BCUT2D eigenvalue weighted by Crippen LogP contribution is -2.56. The van der Waals surface area contributed by atoms with E-state index in [0.29, 0.717) is 0 Å². The molecule has 1 aliphatic heterocycles. The Hall–Kier alpha value is -2.33. The number of benzene rings is 2. The summed E-state index contributed by atoms with van der Waals surface area (Å²) >= 11 is 0. The Bertz CT molecular complexity index is 786. The van der Waals surface area contributed by atoms with E-state index in [4.69, 9.17) is 4.74 Å². The monoisotopic (exact) mass is 392 g/mol. The third kappa shape index (κ3) is 5.18. The summed E-state index contributed by atoms with van der Waals surface area (Å²) in [4.78, 5) is 18.0. The second-order valence-electron chi connectivity index (χ2n) is 8.29. The Labute approximate surface area is 174 Å². The summed E-state index contributed by atoms with van der Waals surface area (Å²) in [5.41, 5.74) is 2.05. The van der Waals surface area contributed by atoms with Gasteiger partial charge in [0, 0.05) is 37.3 Å². The van der Waals surface area contributed by atoms with Crippen molar-refractivity contribution in [2.75, 3.05) is 26.2 Å². The molecule has 0 spiro atoms. The zero-order valence-corrected chi connectivity index (χ0v) is 17.4. The van der Waals surface area contributed by atoms with E-state index in [1.54, 1.807) is 0 Å². The van der Waals surface area contributed by atoms with Crippen molar-refractivity contribution in [3.05, 3.63) is 65.7 Å². The number of amides is 1. The van der Waals surface area contributed by atoms with Crippen LogP contribution in [0.5, 0.6) is 5.75 Å². The predicted molar refractivity (Wildman–Crippen MR) is 116 cm³/mol. The number of carbonyl (C=O) groups is 1. The lowest BCUT2D eigenvalue weighted by atomic mass is 10.0. The fraction of sp³-hybridized carbons (Fsp3) is 0.480. The summed E-state index contributed by atoms with van der Waals surface area (Å²) in [6.45, 7) is 5.65. The van der Waals surface area contributed by atoms with Crippen LogP contribution in [0.15, 0.2) is 54.6 Å². The van der Waals surface area contributed by atoms with Crippen molar-refractivity contribution in [1.82, 2.24) is 9.80 Å². The van der Waals surface area contributed by atoms with Crippen LogP contribution in [0.25, 0.3) is 0 Å². The molecule has 2 aromatic carbocycles. The molecular formula is C25H32N2O2. The average Bonchev–Trinajstić information content (AvgIpc) is 3.60. The van der Waals surface area contributed by atoms with E-state index < -0.39 is 0 Å². The molecular weight excluding hydrogens is 360 g/mol. The fourth-order valence-corrected chi connectivity index (χ4v) is 4.17. The van der Waals surface area contributed by atoms with Gasteiger partial charge in [0.1, 0.15) is 5.75 Å². The molecule has 1 amide bonds. The van der Waals surface area contributed by atoms with Crippen LogP contribution < -0.4 is 4.74 Å². The summed E-state index contributed by atoms with van der Waals surface area (Å²) in [7, 11) is 0. The van der Waals surface area contributed by atoms with Gasteiger partial charge in [-0.3, -0.25) is 9.69 Å². The van der Waals surface area contributed by atoms with Gasteiger partial charge in [0.2, 0.25) is 0 Å². The molecule has 1 aliphatic carbocycles. The highest BCUT2D eigenvalue weighted by molar-refractivity contribution is 5.94. The van der Waals surface area contributed by atoms with Crippen molar-refractivity contribution in [2.24, 2.45) is 0 Å². The summed E-state index contributed by atoms with van der Waals surface area (Å²) < 4.78 is 5.74. The molecule has 2 aliphatic rings. The van der Waals surface area contributed by atoms with E-state index in [9.17, 15) is 4.79 Å². The largest absolute Gasteiger partial charge is 0.494 e. The normalized spacial score (nSPS) is 19.9. The molecule has 1 saturated heterocycles. The Morgan fingerprint density at radius 1 is 1.03 bits per heavy atom. The van der Waals surface area contributed by atoms with E-state index in [1.807, 2.05) is 30.3 Å². The molecule has 4 rings (SSSR count). The minimum Gasteiger partial charge on any atom is -0.494 e. The first-order valence-corrected chi connectivity index (χ1v) is 11.1. The van der Waals surface area contributed by atoms with Gasteiger partial charge in [0.05, 0.1) is 6.61 Å². The molecule has 0 N–H and O–H groups in total. The Morgan fingerprint density at radius 2 is 1.79 bits per heavy atom. The molecule has 154 valence electrons. The summed E-state index contributed by atoms with van der Waals surface area (Å²) in [5, 5.41) is 0. The lowest BCUT2D eigenvalue weighted by molar-refractivity contribution is 0.0437. The number of nitrogens with zero attached hydrogens (tertiary/aromatic N) is 2. The van der Waals surface area contributed by atoms with Crippen LogP contribution in [0.3, 0.4) is 0 Å². The molecule has 4 nitrogen and oxygen atoms in total. The van der Waals surface area contributed by atoms with Gasteiger partial charge < -0.3 is 9.64 Å². The summed E-state index contributed by atoms with van der Waals surface area (Å²) in [5.74, 6) is 0.982. The number of rotatable bonds is 8. The highest BCUT2D eigenvalue weighted by atomic mass is 16.5. The van der Waals surface area contributed by atoms with Gasteiger partial charge in [-0.05, 0) is 55.5 Å². The van der Waals surface area contributed by atoms with Crippen molar-refractivity contribution in [3.8, 4) is 5.75 Å². The van der Waals surface area contributed by atoms with E-state index in [-0.39, 0.29) is 11.9 Å². The third-order valence-corrected chi connectivity index (χ3v) is 6.02. The molecule has 4 heteroatoms. The van der Waals surface area contributed by atoms with Crippen molar-refractivity contribution in [3.63, 3.8) is 0 Å². The number of unbranched alkanes of at least 4 members (excludes halogenated alkanes) is 1. The first-order chi connectivity index (χ1) is 14.2. The maximum atomic E-state index is 13.3. The number of hydrogen-bond donors (Lipinski definition) is 0. The quantitative estimate of drug-likeness (QED) is 0.625. The molecule has 1 heterocycles. The van der Waals surface area contributed by atoms with Crippen LogP contribution in [-0.4, -0.2) is 54.0 Å². The van der Waals surface area contributed by atoms with Crippen LogP contribution in [0.2, 0.25) is 0 Å². The SMILES string of the molecule is CCCCOc1ccc(C(=O)N2CCN(C3CC3)CC2Cc2ccccc2)cc1. The van der Waals surface area contributed by atoms with Crippen molar-refractivity contribution >= 4 is 5.91 Å². The zero-order valence-electron chi connectivity index (χ0n) is 17.4. The molecule has 0 aromatic heterocycles. The van der Waals surface area contributed by atoms with Crippen LogP contribution in [-0.2, 0) is 6.42 Å². The van der Waals surface area contributed by atoms with Gasteiger partial charge in [0.25, 0.3) is 5.91 Å². The number of piperazine rings is 1. The lowest BCUT2D eigenvalue weighted by Gasteiger charge is -2.42. The predicted octanol–water partition coefficient (Wildman–Crippen LogP) is 4.40. The molecule has 1 unspecified atom stereocenters. The minimum atomic E-state index is 0.140. The molecule has 1 saturated carbocycles. The maximum absolute atomic E-state index is 13.3. The van der Waals surface area contributed by atoms with E-state index in [0.717, 1.165) is 62.9 Å². The second kappa shape index (κ2) is 9.45. The van der Waals surface area contributed by atoms with Crippen molar-refractivity contribution in [2.45, 2.75) is 51.1 Å². The van der Waals surface area contributed by atoms with Crippen molar-refractivity contribution < 1.29 is 9.53 Å². The highest BCUT2D eigenvalue weighted by Crippen LogP contribution is 2.30. The third-order valence-electron chi connectivity index (χ3n) is 6.02. The summed E-state index contributed by atoms with van der Waals surface area (Å²) in [6.07, 6.45) is 5.70. The molecule has 0 radical (unpaired) electrons. The van der Waals surface area contributed by atoms with Gasteiger partial charge in [-0.1, -0.05) is 43.7 Å². The first-order valence-electron chi connectivity index (χ1n) is 11.1. The average molecular weight is 393 g/mol. The van der Waals surface area contributed by atoms with E-state index >= 15 is 0 Å². The van der Waals surface area contributed by atoms with Crippen LogP contribution in [0.1, 0.15) is 48.5 Å². The van der Waals surface area contributed by atoms with Crippen LogP contribution >= 0.6 is 0 Å². The smallest absolute Gasteiger partial charge is 0.254 e. The molecule has 2 fully saturated rings. The van der Waals surface area contributed by atoms with Gasteiger partial charge in [-0.2, -0.15) is 0 Å². The van der Waals surface area contributed by atoms with E-state index in [2.05, 4.69) is 41.0 Å². The molecule has 2 aromatic rings. The molecule has 0 bridgehead atoms.